The first-order chi connectivity index (χ1) is 13.1. The zero-order valence-corrected chi connectivity index (χ0v) is 15.8. The molecule has 0 bridgehead atoms. The number of aryl methyl sites for hydroxylation is 1. The van der Waals surface area contributed by atoms with Crippen LogP contribution < -0.4 is 15.4 Å². The lowest BCUT2D eigenvalue weighted by atomic mass is 9.72. The molecule has 0 aromatic heterocycles. The van der Waals surface area contributed by atoms with Crippen LogP contribution in [0.15, 0.2) is 42.5 Å². The summed E-state index contributed by atoms with van der Waals surface area (Å²) in [7, 11) is 1.56. The number of carbonyl (C=O) groups is 1. The molecule has 2 aromatic rings. The van der Waals surface area contributed by atoms with Crippen LogP contribution in [0.3, 0.4) is 0 Å². The Morgan fingerprint density at radius 2 is 1.96 bits per heavy atom. The van der Waals surface area contributed by atoms with Gasteiger partial charge in [0.2, 0.25) is 0 Å². The van der Waals surface area contributed by atoms with Crippen LogP contribution >= 0.6 is 0 Å². The van der Waals surface area contributed by atoms with E-state index >= 15 is 0 Å². The highest BCUT2D eigenvalue weighted by Crippen LogP contribution is 2.50. The van der Waals surface area contributed by atoms with Crippen LogP contribution in [-0.2, 0) is 5.41 Å². The summed E-state index contributed by atoms with van der Waals surface area (Å²) < 4.78 is 5.36. The molecule has 2 aliphatic rings. The van der Waals surface area contributed by atoms with Crippen LogP contribution in [0.4, 0.5) is 0 Å². The van der Waals surface area contributed by atoms with Crippen LogP contribution in [0, 0.1) is 6.92 Å². The van der Waals surface area contributed by atoms with Crippen molar-refractivity contribution in [2.24, 2.45) is 0 Å². The monoisotopic (exact) mass is 366 g/mol. The molecule has 1 heterocycles. The van der Waals surface area contributed by atoms with Crippen LogP contribution in [0.1, 0.15) is 45.9 Å². The number of piperidine rings is 1. The Morgan fingerprint density at radius 1 is 1.22 bits per heavy atom. The molecule has 0 unspecified atom stereocenters. The second kappa shape index (κ2) is 6.98. The highest BCUT2D eigenvalue weighted by Gasteiger charge is 2.52. The highest BCUT2D eigenvalue weighted by atomic mass is 16.5. The van der Waals surface area contributed by atoms with Crippen molar-refractivity contribution < 1.29 is 14.6 Å². The summed E-state index contributed by atoms with van der Waals surface area (Å²) in [4.78, 5) is 13.0. The molecule has 2 atom stereocenters. The van der Waals surface area contributed by atoms with Crippen molar-refractivity contribution in [1.29, 1.82) is 0 Å². The first-order valence-electron chi connectivity index (χ1n) is 9.50. The molecule has 1 aliphatic heterocycles. The number of fused-ring (bicyclic) bond motifs is 2. The van der Waals surface area contributed by atoms with Gasteiger partial charge >= 0.3 is 0 Å². The fourth-order valence-electron chi connectivity index (χ4n) is 4.68. The lowest BCUT2D eigenvalue weighted by Crippen LogP contribution is -2.48. The molecule has 3 N–H and O–H groups in total. The fraction of sp³-hybridized carbons (Fsp3) is 0.409. The van der Waals surface area contributed by atoms with E-state index < -0.39 is 12.1 Å². The average molecular weight is 366 g/mol. The van der Waals surface area contributed by atoms with Gasteiger partial charge in [-0.05, 0) is 56.1 Å². The third-order valence-corrected chi connectivity index (χ3v) is 6.10. The van der Waals surface area contributed by atoms with Gasteiger partial charge in [-0.25, -0.2) is 0 Å². The van der Waals surface area contributed by atoms with Gasteiger partial charge in [0.05, 0.1) is 24.8 Å². The van der Waals surface area contributed by atoms with E-state index in [1.165, 1.54) is 5.56 Å². The quantitative estimate of drug-likeness (QED) is 0.780. The molecule has 1 amide bonds. The Morgan fingerprint density at radius 3 is 2.70 bits per heavy atom. The van der Waals surface area contributed by atoms with E-state index in [2.05, 4.69) is 16.7 Å². The van der Waals surface area contributed by atoms with Crippen molar-refractivity contribution in [3.05, 3.63) is 64.7 Å². The number of aliphatic hydroxyl groups is 1. The average Bonchev–Trinajstić information content (AvgIpc) is 2.91. The van der Waals surface area contributed by atoms with E-state index in [4.69, 9.17) is 4.74 Å². The molecule has 142 valence electrons. The summed E-state index contributed by atoms with van der Waals surface area (Å²) in [6.07, 6.45) is 1.09. The minimum absolute atomic E-state index is 0.222. The summed E-state index contributed by atoms with van der Waals surface area (Å²) in [5, 5.41) is 17.7. The van der Waals surface area contributed by atoms with Gasteiger partial charge in [0, 0.05) is 5.41 Å². The second-order valence-electron chi connectivity index (χ2n) is 7.59. The van der Waals surface area contributed by atoms with Crippen molar-refractivity contribution in [3.8, 4) is 5.75 Å². The van der Waals surface area contributed by atoms with Crippen molar-refractivity contribution in [1.82, 2.24) is 10.6 Å². The predicted molar refractivity (Wildman–Crippen MR) is 104 cm³/mol. The van der Waals surface area contributed by atoms with E-state index in [-0.39, 0.29) is 11.3 Å². The van der Waals surface area contributed by atoms with Crippen molar-refractivity contribution in [2.45, 2.75) is 37.3 Å². The van der Waals surface area contributed by atoms with Crippen LogP contribution in [0.25, 0.3) is 0 Å². The molecule has 1 spiro atoms. The minimum Gasteiger partial charge on any atom is -0.496 e. The molecular formula is C22H26N2O3. The van der Waals surface area contributed by atoms with Gasteiger partial charge in [-0.3, -0.25) is 4.79 Å². The topological polar surface area (TPSA) is 70.6 Å². The minimum atomic E-state index is -0.642. The Kier molecular flexibility index (Phi) is 4.66. The SMILES string of the molecule is COc1ccc(C)cc1C(=O)N[C@@H]1c2ccccc2C2(CCNCC2)[C@H]1O. The van der Waals surface area contributed by atoms with E-state index in [0.29, 0.717) is 11.3 Å². The fourth-order valence-corrected chi connectivity index (χ4v) is 4.68. The molecule has 1 aliphatic carbocycles. The third kappa shape index (κ3) is 2.91. The Hall–Kier alpha value is -2.37. The lowest BCUT2D eigenvalue weighted by Gasteiger charge is -2.38. The number of aliphatic hydroxyl groups excluding tert-OH is 1. The number of methoxy groups -OCH3 is 1. The van der Waals surface area contributed by atoms with Gasteiger partial charge in [0.1, 0.15) is 5.75 Å². The summed E-state index contributed by atoms with van der Waals surface area (Å²) >= 11 is 0. The van der Waals surface area contributed by atoms with Crippen LogP contribution in [0.2, 0.25) is 0 Å². The third-order valence-electron chi connectivity index (χ3n) is 6.10. The Labute approximate surface area is 159 Å². The Bertz CT molecular complexity index is 858. The molecule has 1 fully saturated rings. The van der Waals surface area contributed by atoms with Gasteiger partial charge in [-0.1, -0.05) is 35.9 Å². The number of hydrogen-bond acceptors (Lipinski definition) is 4. The van der Waals surface area contributed by atoms with Gasteiger partial charge < -0.3 is 20.5 Å². The summed E-state index contributed by atoms with van der Waals surface area (Å²) in [6, 6.07) is 13.2. The number of benzene rings is 2. The standard InChI is InChI=1S/C22H26N2O3/c1-14-7-8-18(27-2)16(13-14)21(26)24-19-15-5-3-4-6-17(15)22(20(19)25)9-11-23-12-10-22/h3-8,13,19-20,23,25H,9-12H2,1-2H3,(H,24,26)/t19-,20+/m1/s1. The summed E-state index contributed by atoms with van der Waals surface area (Å²) in [5.41, 5.74) is 3.38. The Balaban J connectivity index is 1.68. The van der Waals surface area contributed by atoms with Gasteiger partial charge in [-0.2, -0.15) is 0 Å². The number of amides is 1. The molecule has 0 radical (unpaired) electrons. The molecular weight excluding hydrogens is 340 g/mol. The van der Waals surface area contributed by atoms with Crippen molar-refractivity contribution >= 4 is 5.91 Å². The van der Waals surface area contributed by atoms with Gasteiger partial charge in [0.15, 0.2) is 0 Å². The smallest absolute Gasteiger partial charge is 0.255 e. The largest absolute Gasteiger partial charge is 0.496 e. The first kappa shape index (κ1) is 18.0. The van der Waals surface area contributed by atoms with E-state index in [1.54, 1.807) is 13.2 Å². The lowest BCUT2D eigenvalue weighted by molar-refractivity contribution is 0.0417. The molecule has 4 rings (SSSR count). The van der Waals surface area contributed by atoms with Gasteiger partial charge in [-0.15, -0.1) is 0 Å². The normalized spacial score (nSPS) is 23.1. The molecule has 2 aromatic carbocycles. The molecule has 5 nitrogen and oxygen atoms in total. The number of carbonyl (C=O) groups excluding carboxylic acids is 1. The van der Waals surface area contributed by atoms with E-state index in [1.807, 2.05) is 37.3 Å². The second-order valence-corrected chi connectivity index (χ2v) is 7.59. The summed E-state index contributed by atoms with van der Waals surface area (Å²) in [6.45, 7) is 3.69. The maximum absolute atomic E-state index is 13.0. The van der Waals surface area contributed by atoms with Gasteiger partial charge in [0.25, 0.3) is 5.91 Å². The van der Waals surface area contributed by atoms with Crippen LogP contribution in [-0.4, -0.2) is 37.3 Å². The number of rotatable bonds is 3. The maximum Gasteiger partial charge on any atom is 0.255 e. The first-order valence-corrected chi connectivity index (χ1v) is 9.50. The predicted octanol–water partition coefficient (Wildman–Crippen LogP) is 2.47. The van der Waals surface area contributed by atoms with Crippen molar-refractivity contribution in [3.63, 3.8) is 0 Å². The maximum atomic E-state index is 13.0. The zero-order valence-electron chi connectivity index (χ0n) is 15.8. The molecule has 27 heavy (non-hydrogen) atoms. The summed E-state index contributed by atoms with van der Waals surface area (Å²) in [5.74, 6) is 0.316. The van der Waals surface area contributed by atoms with E-state index in [9.17, 15) is 9.90 Å². The number of nitrogens with one attached hydrogen (secondary N) is 2. The number of ether oxygens (including phenoxy) is 1. The molecule has 5 heteroatoms. The van der Waals surface area contributed by atoms with Crippen LogP contribution in [0.5, 0.6) is 5.75 Å². The number of hydrogen-bond donors (Lipinski definition) is 3. The zero-order chi connectivity index (χ0) is 19.0. The highest BCUT2D eigenvalue weighted by molar-refractivity contribution is 5.97. The molecule has 0 saturated carbocycles. The molecule has 1 saturated heterocycles. The van der Waals surface area contributed by atoms with Crippen molar-refractivity contribution in [2.75, 3.05) is 20.2 Å². The van der Waals surface area contributed by atoms with E-state index in [0.717, 1.165) is 37.1 Å².